The van der Waals surface area contributed by atoms with Crippen LogP contribution < -0.4 is 0 Å². The maximum absolute atomic E-state index is 8.73. The van der Waals surface area contributed by atoms with Crippen LogP contribution in [0.3, 0.4) is 0 Å². The van der Waals surface area contributed by atoms with E-state index < -0.39 is 6.04 Å². The van der Waals surface area contributed by atoms with Gasteiger partial charge in [-0.3, -0.25) is 0 Å². The summed E-state index contributed by atoms with van der Waals surface area (Å²) in [5.74, 6) is 1.47. The Balaban J connectivity index is 1.48. The third-order valence-corrected chi connectivity index (χ3v) is 7.55. The molecule has 4 nitrogen and oxygen atoms in total. The first-order chi connectivity index (χ1) is 23.4. The average Bonchev–Trinajstić information content (AvgIpc) is 3.48. The molecule has 0 radical (unpaired) electrons. The van der Waals surface area contributed by atoms with Crippen molar-refractivity contribution in [2.24, 2.45) is 0 Å². The van der Waals surface area contributed by atoms with Gasteiger partial charge in [0.05, 0.1) is 23.6 Å². The molecule has 0 unspecified atom stereocenters. The Morgan fingerprint density at radius 2 is 0.953 bits per heavy atom. The Morgan fingerprint density at radius 1 is 0.442 bits per heavy atom. The third kappa shape index (κ3) is 4.46. The predicted molar refractivity (Wildman–Crippen MR) is 176 cm³/mol. The van der Waals surface area contributed by atoms with Crippen LogP contribution in [0.1, 0.15) is 6.85 Å². The van der Waals surface area contributed by atoms with Gasteiger partial charge < -0.3 is 4.57 Å². The van der Waals surface area contributed by atoms with E-state index in [9.17, 15) is 0 Å². The zero-order valence-electron chi connectivity index (χ0n) is 27.9. The molecule has 0 amide bonds. The zero-order chi connectivity index (χ0) is 32.9. The maximum Gasteiger partial charge on any atom is 0.166 e. The Labute approximate surface area is 256 Å². The minimum atomic E-state index is -0.431. The van der Waals surface area contributed by atoms with E-state index in [1.165, 1.54) is 0 Å². The van der Waals surface area contributed by atoms with E-state index in [0.717, 1.165) is 32.9 Å². The first-order valence-electron chi connectivity index (χ1n) is 16.5. The molecule has 2 heterocycles. The standard InChI is InChI=1S/C39H26N4/c1-4-14-27(15-5-1)30-24-25-33(36(26-30)43-34-22-12-10-20-31(34)32-21-11-13-23-35(32)43)39-41-37(28-16-6-2-7-17-28)40-38(42-39)29-18-8-3-9-19-29/h1-26H/i1D,4D,5D,14D,15D. The second kappa shape index (κ2) is 10.5. The van der Waals surface area contributed by atoms with Crippen LogP contribution in [0.25, 0.3) is 72.8 Å². The number of rotatable bonds is 5. The average molecular weight is 556 g/mol. The second-order valence-corrected chi connectivity index (χ2v) is 10.1. The van der Waals surface area contributed by atoms with Gasteiger partial charge in [0.15, 0.2) is 17.5 Å². The molecule has 2 aromatic heterocycles. The fraction of sp³-hybridized carbons (Fsp3) is 0. The number of hydrogen-bond donors (Lipinski definition) is 0. The first kappa shape index (κ1) is 20.1. The molecule has 8 rings (SSSR count). The van der Waals surface area contributed by atoms with Crippen LogP contribution >= 0.6 is 0 Å². The van der Waals surface area contributed by atoms with E-state index in [2.05, 4.69) is 28.8 Å². The van der Waals surface area contributed by atoms with E-state index in [1.807, 2.05) is 97.1 Å². The summed E-state index contributed by atoms with van der Waals surface area (Å²) in [4.78, 5) is 14.9. The maximum atomic E-state index is 8.73. The fourth-order valence-electron chi connectivity index (χ4n) is 5.57. The molecule has 8 aromatic rings. The monoisotopic (exact) mass is 555 g/mol. The lowest BCUT2D eigenvalue weighted by molar-refractivity contribution is 1.06. The quantitative estimate of drug-likeness (QED) is 0.212. The Kier molecular flexibility index (Phi) is 4.91. The second-order valence-electron chi connectivity index (χ2n) is 10.1. The molecule has 0 N–H and O–H groups in total. The molecular formula is C39H26N4. The van der Waals surface area contributed by atoms with Crippen LogP contribution in [-0.4, -0.2) is 19.5 Å². The van der Waals surface area contributed by atoms with Gasteiger partial charge in [-0.25, -0.2) is 15.0 Å². The van der Waals surface area contributed by atoms with Crippen LogP contribution in [0.5, 0.6) is 0 Å². The van der Waals surface area contributed by atoms with Crippen LogP contribution in [0, 0.1) is 0 Å². The Hall–Kier alpha value is -5.87. The van der Waals surface area contributed by atoms with E-state index in [0.29, 0.717) is 34.3 Å². The smallest absolute Gasteiger partial charge is 0.166 e. The number of hydrogen-bond acceptors (Lipinski definition) is 3. The number of nitrogens with zero attached hydrogens (tertiary/aromatic N) is 4. The highest BCUT2D eigenvalue weighted by atomic mass is 15.1. The normalized spacial score (nSPS) is 12.9. The van der Waals surface area contributed by atoms with Crippen molar-refractivity contribution in [1.82, 2.24) is 19.5 Å². The van der Waals surface area contributed by atoms with Crippen molar-refractivity contribution < 1.29 is 6.85 Å². The van der Waals surface area contributed by atoms with E-state index in [-0.39, 0.29) is 29.7 Å². The zero-order valence-corrected chi connectivity index (χ0v) is 22.9. The number of fused-ring (bicyclic) bond motifs is 3. The number of benzene rings is 6. The molecule has 0 fully saturated rings. The van der Waals surface area contributed by atoms with E-state index >= 15 is 0 Å². The summed E-state index contributed by atoms with van der Waals surface area (Å²) in [6.07, 6.45) is 0. The summed E-state index contributed by atoms with van der Waals surface area (Å²) in [5.41, 5.74) is 5.56. The molecule has 0 bridgehead atoms. The van der Waals surface area contributed by atoms with E-state index in [1.54, 1.807) is 6.07 Å². The molecule has 43 heavy (non-hydrogen) atoms. The van der Waals surface area contributed by atoms with Crippen molar-refractivity contribution in [2.75, 3.05) is 0 Å². The van der Waals surface area contributed by atoms with Crippen LogP contribution in [0.4, 0.5) is 0 Å². The summed E-state index contributed by atoms with van der Waals surface area (Å²) >= 11 is 0. The minimum absolute atomic E-state index is 0.125. The molecule has 0 saturated heterocycles. The molecule has 0 spiro atoms. The van der Waals surface area contributed by atoms with Crippen molar-refractivity contribution in [2.45, 2.75) is 0 Å². The Morgan fingerprint density at radius 3 is 1.53 bits per heavy atom. The summed E-state index contributed by atoms with van der Waals surface area (Å²) < 4.78 is 44.4. The summed E-state index contributed by atoms with van der Waals surface area (Å²) in [7, 11) is 0. The van der Waals surface area contributed by atoms with Gasteiger partial charge in [0.25, 0.3) is 0 Å². The predicted octanol–water partition coefficient (Wildman–Crippen LogP) is 9.64. The molecule has 0 aliphatic carbocycles. The lowest BCUT2D eigenvalue weighted by Crippen LogP contribution is -2.04. The molecule has 0 saturated carbocycles. The topological polar surface area (TPSA) is 43.6 Å². The van der Waals surface area contributed by atoms with Crippen molar-refractivity contribution in [3.05, 3.63) is 158 Å². The van der Waals surface area contributed by atoms with Gasteiger partial charge in [-0.05, 0) is 35.4 Å². The highest BCUT2D eigenvalue weighted by Crippen LogP contribution is 2.38. The third-order valence-electron chi connectivity index (χ3n) is 7.55. The first-order valence-corrected chi connectivity index (χ1v) is 14.0. The molecule has 202 valence electrons. The van der Waals surface area contributed by atoms with Gasteiger partial charge in [0.1, 0.15) is 0 Å². The molecule has 0 atom stereocenters. The van der Waals surface area contributed by atoms with Gasteiger partial charge in [0, 0.05) is 27.5 Å². The highest BCUT2D eigenvalue weighted by Gasteiger charge is 2.20. The molecule has 0 aliphatic heterocycles. The van der Waals surface area contributed by atoms with Gasteiger partial charge >= 0.3 is 0 Å². The van der Waals surface area contributed by atoms with E-state index in [4.69, 9.17) is 21.8 Å². The summed E-state index contributed by atoms with van der Waals surface area (Å²) in [5, 5.41) is 2.11. The van der Waals surface area contributed by atoms with Crippen molar-refractivity contribution in [1.29, 1.82) is 0 Å². The van der Waals surface area contributed by atoms with Gasteiger partial charge in [0.2, 0.25) is 0 Å². The van der Waals surface area contributed by atoms with Crippen molar-refractivity contribution in [3.63, 3.8) is 0 Å². The van der Waals surface area contributed by atoms with Crippen molar-refractivity contribution >= 4 is 21.8 Å². The minimum Gasteiger partial charge on any atom is -0.308 e. The lowest BCUT2D eigenvalue weighted by atomic mass is 10.0. The largest absolute Gasteiger partial charge is 0.308 e. The van der Waals surface area contributed by atoms with Crippen LogP contribution in [0.15, 0.2) is 158 Å². The SMILES string of the molecule is [2H]c1c([2H])c([2H])c(-c2ccc(-c3nc(-c4ccccc4)nc(-c4ccccc4)n3)c(-n3c4ccccc4c4ccccc43)c2)c([2H])c1[2H]. The van der Waals surface area contributed by atoms with Crippen LogP contribution in [-0.2, 0) is 0 Å². The molecular weight excluding hydrogens is 524 g/mol. The lowest BCUT2D eigenvalue weighted by Gasteiger charge is -2.16. The number of para-hydroxylation sites is 2. The molecule has 6 aromatic carbocycles. The molecule has 0 aliphatic rings. The fourth-order valence-corrected chi connectivity index (χ4v) is 5.57. The van der Waals surface area contributed by atoms with Gasteiger partial charge in [-0.15, -0.1) is 0 Å². The van der Waals surface area contributed by atoms with Gasteiger partial charge in [-0.2, -0.15) is 0 Å². The summed E-state index contributed by atoms with van der Waals surface area (Å²) in [6, 6.07) is 39.6. The van der Waals surface area contributed by atoms with Gasteiger partial charge in [-0.1, -0.05) is 133 Å². The highest BCUT2D eigenvalue weighted by molar-refractivity contribution is 6.09. The number of aromatic nitrogens is 4. The van der Waals surface area contributed by atoms with Crippen molar-refractivity contribution in [3.8, 4) is 51.0 Å². The molecule has 4 heteroatoms. The summed E-state index contributed by atoms with van der Waals surface area (Å²) in [6.45, 7) is 0. The van der Waals surface area contributed by atoms with Crippen LogP contribution in [0.2, 0.25) is 0 Å². The Bertz CT molecular complexity index is 2370.